The predicted molar refractivity (Wildman–Crippen MR) is 60.1 cm³/mol. The minimum Gasteiger partial charge on any atom is -0.211 e. The molecular formula is C11H8Cl2FNO. The zero-order chi connectivity index (χ0) is 11.8. The predicted octanol–water partition coefficient (Wildman–Crippen LogP) is 3.85. The van der Waals surface area contributed by atoms with Gasteiger partial charge in [0.2, 0.25) is 6.08 Å². The van der Waals surface area contributed by atoms with Gasteiger partial charge in [0.15, 0.2) is 5.82 Å². The van der Waals surface area contributed by atoms with Crippen molar-refractivity contribution in [2.75, 3.05) is 0 Å². The number of hydrogen-bond acceptors (Lipinski definition) is 2. The van der Waals surface area contributed by atoms with Crippen LogP contribution in [0.4, 0.5) is 4.39 Å². The maximum Gasteiger partial charge on any atom is 0.235 e. The summed E-state index contributed by atoms with van der Waals surface area (Å²) in [7, 11) is 0. The zero-order valence-corrected chi connectivity index (χ0v) is 9.78. The number of hydrogen-bond donors (Lipinski definition) is 0. The summed E-state index contributed by atoms with van der Waals surface area (Å²) in [6.45, 7) is 0. The molecule has 16 heavy (non-hydrogen) atoms. The molecule has 0 radical (unpaired) electrons. The Kier molecular flexibility index (Phi) is 3.02. The number of benzene rings is 1. The monoisotopic (exact) mass is 259 g/mol. The normalized spacial score (nSPS) is 17.4. The van der Waals surface area contributed by atoms with E-state index in [1.807, 2.05) is 0 Å². The number of carbonyl (C=O) groups excluding carboxylic acids is 1. The molecule has 1 aliphatic rings. The van der Waals surface area contributed by atoms with Gasteiger partial charge in [-0.1, -0.05) is 23.2 Å². The van der Waals surface area contributed by atoms with Crippen molar-refractivity contribution in [2.45, 2.75) is 24.8 Å². The Morgan fingerprint density at radius 3 is 2.25 bits per heavy atom. The van der Waals surface area contributed by atoms with Crippen LogP contribution in [0.1, 0.15) is 24.8 Å². The Morgan fingerprint density at radius 2 is 1.88 bits per heavy atom. The van der Waals surface area contributed by atoms with Crippen LogP contribution in [0.2, 0.25) is 10.0 Å². The Morgan fingerprint density at radius 1 is 1.31 bits per heavy atom. The standard InChI is InChI=1S/C11H8Cl2FNO/c12-8-4-7(5-9(13)10(8)14)11(15-6-16)2-1-3-11/h4-5H,1-3H2. The molecule has 0 amide bonds. The van der Waals surface area contributed by atoms with Crippen LogP contribution in [0, 0.1) is 5.82 Å². The molecule has 0 bridgehead atoms. The van der Waals surface area contributed by atoms with Gasteiger partial charge in [-0.25, -0.2) is 9.18 Å². The summed E-state index contributed by atoms with van der Waals surface area (Å²) in [6.07, 6.45) is 4.00. The molecule has 2 rings (SSSR count). The first-order valence-corrected chi connectivity index (χ1v) is 5.59. The number of aliphatic imine (C=N–C) groups is 1. The first-order valence-electron chi connectivity index (χ1n) is 4.83. The van der Waals surface area contributed by atoms with Gasteiger partial charge in [-0.3, -0.25) is 0 Å². The summed E-state index contributed by atoms with van der Waals surface area (Å²) in [5.41, 5.74) is 0.0847. The highest BCUT2D eigenvalue weighted by Crippen LogP contribution is 2.46. The van der Waals surface area contributed by atoms with E-state index in [0.717, 1.165) is 19.3 Å². The molecule has 5 heteroatoms. The van der Waals surface area contributed by atoms with Crippen molar-refractivity contribution >= 4 is 29.3 Å². The van der Waals surface area contributed by atoms with Gasteiger partial charge in [0.1, 0.15) is 0 Å². The number of nitrogens with zero attached hydrogens (tertiary/aromatic N) is 1. The van der Waals surface area contributed by atoms with Gasteiger partial charge < -0.3 is 0 Å². The van der Waals surface area contributed by atoms with Crippen LogP contribution in [0.25, 0.3) is 0 Å². The van der Waals surface area contributed by atoms with Gasteiger partial charge in [0.05, 0.1) is 15.6 Å². The summed E-state index contributed by atoms with van der Waals surface area (Å²) in [5.74, 6) is -0.642. The van der Waals surface area contributed by atoms with E-state index in [0.29, 0.717) is 5.56 Å². The third kappa shape index (κ3) is 1.75. The quantitative estimate of drug-likeness (QED) is 0.451. The fourth-order valence-corrected chi connectivity index (χ4v) is 2.38. The number of isocyanates is 1. The smallest absolute Gasteiger partial charge is 0.211 e. The Bertz CT molecular complexity index is 456. The van der Waals surface area contributed by atoms with E-state index in [1.165, 1.54) is 12.1 Å². The average Bonchev–Trinajstić information content (AvgIpc) is 2.19. The molecule has 1 aromatic rings. The fraction of sp³-hybridized carbons (Fsp3) is 0.364. The van der Waals surface area contributed by atoms with Crippen LogP contribution in [0.5, 0.6) is 0 Å². The molecule has 0 heterocycles. The topological polar surface area (TPSA) is 29.4 Å². The van der Waals surface area contributed by atoms with Crippen molar-refractivity contribution in [1.29, 1.82) is 0 Å². The van der Waals surface area contributed by atoms with Gasteiger partial charge >= 0.3 is 0 Å². The molecule has 0 aliphatic heterocycles. The lowest BCUT2D eigenvalue weighted by atomic mass is 9.72. The summed E-state index contributed by atoms with van der Waals surface area (Å²) in [5, 5.41) is -0.0928. The van der Waals surface area contributed by atoms with Crippen LogP contribution in [0.3, 0.4) is 0 Å². The summed E-state index contributed by atoms with van der Waals surface area (Å²) < 4.78 is 13.2. The first kappa shape index (κ1) is 11.6. The lowest BCUT2D eigenvalue weighted by Gasteiger charge is -2.37. The maximum absolute atomic E-state index is 13.2. The molecule has 0 spiro atoms. The second kappa shape index (κ2) is 4.17. The fourth-order valence-electron chi connectivity index (χ4n) is 1.89. The van der Waals surface area contributed by atoms with Crippen molar-refractivity contribution in [3.05, 3.63) is 33.6 Å². The Balaban J connectivity index is 2.51. The maximum atomic E-state index is 13.2. The Labute approximate surface area is 102 Å². The molecule has 0 aromatic heterocycles. The van der Waals surface area contributed by atoms with E-state index in [9.17, 15) is 9.18 Å². The highest BCUT2D eigenvalue weighted by Gasteiger charge is 2.39. The molecule has 0 atom stereocenters. The molecule has 1 aliphatic carbocycles. The van der Waals surface area contributed by atoms with Crippen molar-refractivity contribution in [1.82, 2.24) is 0 Å². The van der Waals surface area contributed by atoms with Crippen molar-refractivity contribution in [2.24, 2.45) is 4.99 Å². The SMILES string of the molecule is O=C=NC1(c2cc(Cl)c(F)c(Cl)c2)CCC1. The lowest BCUT2D eigenvalue weighted by molar-refractivity contribution is 0.256. The summed E-state index contributed by atoms with van der Waals surface area (Å²) in [6, 6.07) is 2.95. The number of rotatable bonds is 2. The molecule has 1 aromatic carbocycles. The van der Waals surface area contributed by atoms with Gasteiger partial charge in [-0.05, 0) is 37.0 Å². The lowest BCUT2D eigenvalue weighted by Crippen LogP contribution is -2.31. The second-order valence-electron chi connectivity index (χ2n) is 3.84. The average molecular weight is 260 g/mol. The molecule has 84 valence electrons. The molecule has 2 nitrogen and oxygen atoms in total. The minimum atomic E-state index is -0.642. The first-order chi connectivity index (χ1) is 7.59. The van der Waals surface area contributed by atoms with E-state index in [1.54, 1.807) is 6.08 Å². The highest BCUT2D eigenvalue weighted by atomic mass is 35.5. The molecule has 1 fully saturated rings. The highest BCUT2D eigenvalue weighted by molar-refractivity contribution is 6.35. The van der Waals surface area contributed by atoms with Gasteiger partial charge in [0, 0.05) is 0 Å². The third-order valence-electron chi connectivity index (χ3n) is 2.96. The van der Waals surface area contributed by atoms with E-state index in [2.05, 4.69) is 4.99 Å². The summed E-state index contributed by atoms with van der Waals surface area (Å²) >= 11 is 11.4. The van der Waals surface area contributed by atoms with Crippen LogP contribution in [0.15, 0.2) is 17.1 Å². The van der Waals surface area contributed by atoms with E-state index in [4.69, 9.17) is 23.2 Å². The van der Waals surface area contributed by atoms with Crippen LogP contribution < -0.4 is 0 Å². The van der Waals surface area contributed by atoms with Crippen LogP contribution in [-0.4, -0.2) is 6.08 Å². The van der Waals surface area contributed by atoms with Crippen LogP contribution >= 0.6 is 23.2 Å². The van der Waals surface area contributed by atoms with E-state index >= 15 is 0 Å². The molecule has 1 saturated carbocycles. The molecule has 0 N–H and O–H groups in total. The molecule has 0 unspecified atom stereocenters. The second-order valence-corrected chi connectivity index (χ2v) is 4.66. The van der Waals surface area contributed by atoms with Crippen LogP contribution in [-0.2, 0) is 10.3 Å². The van der Waals surface area contributed by atoms with Gasteiger partial charge in [-0.15, -0.1) is 0 Å². The minimum absolute atomic E-state index is 0.0464. The van der Waals surface area contributed by atoms with E-state index < -0.39 is 11.4 Å². The van der Waals surface area contributed by atoms with Crippen molar-refractivity contribution in [3.63, 3.8) is 0 Å². The van der Waals surface area contributed by atoms with Crippen molar-refractivity contribution in [3.8, 4) is 0 Å². The summed E-state index contributed by atoms with van der Waals surface area (Å²) in [4.78, 5) is 14.2. The van der Waals surface area contributed by atoms with Gasteiger partial charge in [0.25, 0.3) is 0 Å². The van der Waals surface area contributed by atoms with Gasteiger partial charge in [-0.2, -0.15) is 4.99 Å². The molecule has 0 saturated heterocycles. The molecular weight excluding hydrogens is 252 g/mol. The largest absolute Gasteiger partial charge is 0.235 e. The Hall–Kier alpha value is -0.890. The van der Waals surface area contributed by atoms with Crippen molar-refractivity contribution < 1.29 is 9.18 Å². The zero-order valence-electron chi connectivity index (χ0n) is 8.27. The van der Waals surface area contributed by atoms with E-state index in [-0.39, 0.29) is 10.0 Å². The third-order valence-corrected chi connectivity index (χ3v) is 3.51. The number of halogens is 3.